The van der Waals surface area contributed by atoms with E-state index in [1.165, 1.54) is 5.56 Å². The maximum Gasteiger partial charge on any atom is 0.189 e. The number of benzene rings is 2. The summed E-state index contributed by atoms with van der Waals surface area (Å²) in [6.07, 6.45) is 0. The van der Waals surface area contributed by atoms with E-state index in [1.54, 1.807) is 0 Å². The van der Waals surface area contributed by atoms with Crippen molar-refractivity contribution in [1.82, 2.24) is 10.9 Å². The number of hydrazine groups is 1. The minimum atomic E-state index is 0.481. The van der Waals surface area contributed by atoms with Gasteiger partial charge in [-0.25, -0.2) is 0 Å². The first kappa shape index (κ1) is 15.5. The molecule has 0 fully saturated rings. The van der Waals surface area contributed by atoms with Gasteiger partial charge >= 0.3 is 0 Å². The number of aryl methyl sites for hydroxylation is 1. The van der Waals surface area contributed by atoms with Gasteiger partial charge in [0.25, 0.3) is 0 Å². The maximum absolute atomic E-state index is 5.23. The van der Waals surface area contributed by atoms with Crippen LogP contribution < -0.4 is 16.2 Å². The van der Waals surface area contributed by atoms with Crippen molar-refractivity contribution >= 4 is 44.6 Å². The number of hydrogen-bond donors (Lipinski definition) is 3. The number of thiocarbonyl (C=S) groups is 1. The van der Waals surface area contributed by atoms with E-state index < -0.39 is 0 Å². The fourth-order valence-corrected chi connectivity index (χ4v) is 2.25. The second-order valence-corrected chi connectivity index (χ2v) is 5.88. The number of hydrogen-bond acceptors (Lipinski definition) is 2. The molecule has 0 aliphatic rings. The van der Waals surface area contributed by atoms with Crippen molar-refractivity contribution in [3.05, 3.63) is 70.7 Å². The third kappa shape index (κ3) is 4.88. The average molecular weight is 362 g/mol. The standard InChI is InChI=1S/C16H16BrN3S/c1-11-6-8-15(9-7-11)18-16(21)20-19-12(2)13-4-3-5-14(17)10-13/h3-10,19H,2H2,1H3,(H2,18,20,21). The first-order chi connectivity index (χ1) is 10.0. The average Bonchev–Trinajstić information content (AvgIpc) is 2.47. The third-order valence-electron chi connectivity index (χ3n) is 2.81. The second kappa shape index (κ2) is 7.24. The van der Waals surface area contributed by atoms with Gasteiger partial charge in [-0.3, -0.25) is 10.9 Å². The van der Waals surface area contributed by atoms with Crippen molar-refractivity contribution in [1.29, 1.82) is 0 Å². The lowest BCUT2D eigenvalue weighted by atomic mass is 10.2. The van der Waals surface area contributed by atoms with Gasteiger partial charge in [-0.05, 0) is 49.0 Å². The predicted molar refractivity (Wildman–Crippen MR) is 96.8 cm³/mol. The Hall–Kier alpha value is -1.85. The van der Waals surface area contributed by atoms with Crippen LogP contribution in [0.3, 0.4) is 0 Å². The van der Waals surface area contributed by atoms with Gasteiger partial charge in [0.1, 0.15) is 0 Å². The van der Waals surface area contributed by atoms with Gasteiger partial charge in [0.15, 0.2) is 5.11 Å². The molecule has 0 unspecified atom stereocenters. The molecule has 0 amide bonds. The van der Waals surface area contributed by atoms with Crippen LogP contribution in [0.25, 0.3) is 5.70 Å². The van der Waals surface area contributed by atoms with E-state index in [4.69, 9.17) is 12.2 Å². The summed E-state index contributed by atoms with van der Waals surface area (Å²) in [6, 6.07) is 15.9. The molecule has 108 valence electrons. The van der Waals surface area contributed by atoms with E-state index in [9.17, 15) is 0 Å². The zero-order valence-corrected chi connectivity index (χ0v) is 14.0. The number of rotatable bonds is 4. The highest BCUT2D eigenvalue weighted by Gasteiger charge is 2.01. The molecule has 0 bridgehead atoms. The zero-order chi connectivity index (χ0) is 15.2. The van der Waals surface area contributed by atoms with Crippen LogP contribution in [0.5, 0.6) is 0 Å². The van der Waals surface area contributed by atoms with E-state index in [0.29, 0.717) is 5.11 Å². The van der Waals surface area contributed by atoms with E-state index in [1.807, 2.05) is 55.5 Å². The number of anilines is 1. The Labute approximate surface area is 138 Å². The molecule has 5 heteroatoms. The molecule has 0 saturated heterocycles. The molecule has 3 N–H and O–H groups in total. The van der Waals surface area contributed by atoms with Crippen molar-refractivity contribution in [2.24, 2.45) is 0 Å². The first-order valence-electron chi connectivity index (χ1n) is 6.39. The van der Waals surface area contributed by atoms with Crippen LogP contribution >= 0.6 is 28.1 Å². The Morgan fingerprint density at radius 3 is 2.48 bits per heavy atom. The fraction of sp³-hybridized carbons (Fsp3) is 0.0625. The topological polar surface area (TPSA) is 36.1 Å². The highest BCUT2D eigenvalue weighted by molar-refractivity contribution is 9.10. The molecular formula is C16H16BrN3S. The van der Waals surface area contributed by atoms with Crippen LogP contribution in [-0.2, 0) is 0 Å². The predicted octanol–water partition coefficient (Wildman–Crippen LogP) is 4.22. The van der Waals surface area contributed by atoms with Crippen LogP contribution in [0.2, 0.25) is 0 Å². The Morgan fingerprint density at radius 1 is 1.10 bits per heavy atom. The normalized spacial score (nSPS) is 9.81. The van der Waals surface area contributed by atoms with E-state index in [0.717, 1.165) is 21.4 Å². The summed E-state index contributed by atoms with van der Waals surface area (Å²) in [5.41, 5.74) is 9.78. The minimum absolute atomic E-state index is 0.481. The SMILES string of the molecule is C=C(NNC(=S)Nc1ccc(C)cc1)c1cccc(Br)c1. The van der Waals surface area contributed by atoms with Gasteiger partial charge in [0, 0.05) is 10.2 Å². The molecule has 0 aromatic heterocycles. The molecule has 0 atom stereocenters. The molecule has 0 spiro atoms. The summed E-state index contributed by atoms with van der Waals surface area (Å²) >= 11 is 8.66. The Balaban J connectivity index is 1.86. The molecule has 21 heavy (non-hydrogen) atoms. The number of halogens is 1. The highest BCUT2D eigenvalue weighted by Crippen LogP contribution is 2.15. The summed E-state index contributed by atoms with van der Waals surface area (Å²) in [6.45, 7) is 6.02. The van der Waals surface area contributed by atoms with Gasteiger partial charge in [-0.1, -0.05) is 52.3 Å². The van der Waals surface area contributed by atoms with Crippen molar-refractivity contribution < 1.29 is 0 Å². The zero-order valence-electron chi connectivity index (χ0n) is 11.6. The number of nitrogens with one attached hydrogen (secondary N) is 3. The molecule has 0 aliphatic heterocycles. The van der Waals surface area contributed by atoms with Crippen LogP contribution in [0.15, 0.2) is 59.6 Å². The van der Waals surface area contributed by atoms with Crippen molar-refractivity contribution in [3.8, 4) is 0 Å². The summed E-state index contributed by atoms with van der Waals surface area (Å²) in [7, 11) is 0. The molecule has 0 heterocycles. The van der Waals surface area contributed by atoms with E-state index >= 15 is 0 Å². The molecule has 2 aromatic rings. The smallest absolute Gasteiger partial charge is 0.189 e. The van der Waals surface area contributed by atoms with Crippen LogP contribution in [0.1, 0.15) is 11.1 Å². The molecule has 3 nitrogen and oxygen atoms in total. The lowest BCUT2D eigenvalue weighted by molar-refractivity contribution is 0.851. The van der Waals surface area contributed by atoms with Gasteiger partial charge in [-0.15, -0.1) is 0 Å². The van der Waals surface area contributed by atoms with Gasteiger partial charge in [0.05, 0.1) is 5.70 Å². The van der Waals surface area contributed by atoms with Crippen LogP contribution in [0, 0.1) is 6.92 Å². The molecular weight excluding hydrogens is 346 g/mol. The maximum atomic E-state index is 5.23. The fourth-order valence-electron chi connectivity index (χ4n) is 1.68. The minimum Gasteiger partial charge on any atom is -0.331 e. The summed E-state index contributed by atoms with van der Waals surface area (Å²) in [4.78, 5) is 0. The lowest BCUT2D eigenvalue weighted by Crippen LogP contribution is -2.38. The third-order valence-corrected chi connectivity index (χ3v) is 3.51. The van der Waals surface area contributed by atoms with Crippen molar-refractivity contribution in [2.75, 3.05) is 5.32 Å². The van der Waals surface area contributed by atoms with Crippen LogP contribution in [-0.4, -0.2) is 5.11 Å². The molecule has 0 aliphatic carbocycles. The van der Waals surface area contributed by atoms with Crippen molar-refractivity contribution in [3.63, 3.8) is 0 Å². The van der Waals surface area contributed by atoms with Gasteiger partial charge in [-0.2, -0.15) is 0 Å². The quantitative estimate of drug-likeness (QED) is 0.562. The largest absolute Gasteiger partial charge is 0.331 e. The van der Waals surface area contributed by atoms with E-state index in [2.05, 4.69) is 38.7 Å². The van der Waals surface area contributed by atoms with E-state index in [-0.39, 0.29) is 0 Å². The summed E-state index contributed by atoms with van der Waals surface area (Å²) < 4.78 is 1.00. The highest BCUT2D eigenvalue weighted by atomic mass is 79.9. The van der Waals surface area contributed by atoms with Gasteiger partial charge in [0.2, 0.25) is 0 Å². The van der Waals surface area contributed by atoms with Gasteiger partial charge < -0.3 is 5.32 Å². The van der Waals surface area contributed by atoms with Crippen molar-refractivity contribution in [2.45, 2.75) is 6.92 Å². The Kier molecular flexibility index (Phi) is 5.36. The Bertz CT molecular complexity index is 653. The molecule has 2 aromatic carbocycles. The molecule has 2 rings (SSSR count). The second-order valence-electron chi connectivity index (χ2n) is 4.56. The monoisotopic (exact) mass is 361 g/mol. The first-order valence-corrected chi connectivity index (χ1v) is 7.59. The lowest BCUT2D eigenvalue weighted by Gasteiger charge is -2.14. The molecule has 0 radical (unpaired) electrons. The molecule has 0 saturated carbocycles. The Morgan fingerprint density at radius 2 is 1.81 bits per heavy atom. The van der Waals surface area contributed by atoms with Crippen LogP contribution in [0.4, 0.5) is 5.69 Å². The summed E-state index contributed by atoms with van der Waals surface area (Å²) in [5.74, 6) is 0. The summed E-state index contributed by atoms with van der Waals surface area (Å²) in [5, 5.41) is 3.58.